The van der Waals surface area contributed by atoms with Crippen molar-refractivity contribution in [1.29, 1.82) is 0 Å². The average Bonchev–Trinajstić information content (AvgIpc) is 2.45. The van der Waals surface area contributed by atoms with E-state index >= 15 is 0 Å². The highest BCUT2D eigenvalue weighted by Crippen LogP contribution is 1.88. The third kappa shape index (κ3) is 2.70. The van der Waals surface area contributed by atoms with E-state index in [2.05, 4.69) is 10.2 Å². The Morgan fingerprint density at radius 2 is 2.33 bits per heavy atom. The van der Waals surface area contributed by atoms with E-state index in [-0.39, 0.29) is 0 Å². The largest absolute Gasteiger partial charge is 0.181 e. The van der Waals surface area contributed by atoms with Crippen molar-refractivity contribution in [2.75, 3.05) is 0 Å². The fourth-order valence-electron chi connectivity index (χ4n) is 0.817. The number of aryl methyl sites for hydroxylation is 1. The molecule has 12 heavy (non-hydrogen) atoms. The Bertz CT molecular complexity index is 284. The molecule has 0 atom stereocenters. The van der Waals surface area contributed by atoms with Gasteiger partial charge in [0.05, 0.1) is 18.4 Å². The molecular formula is C9H13N3. The molecule has 0 unspecified atom stereocenters. The maximum atomic E-state index is 4.14. The first-order chi connectivity index (χ1) is 5.83. The summed E-state index contributed by atoms with van der Waals surface area (Å²) in [6, 6.07) is 0. The summed E-state index contributed by atoms with van der Waals surface area (Å²) < 4.78 is 0. The number of nitrogens with zero attached hydrogens (tertiary/aromatic N) is 3. The first-order valence-corrected chi connectivity index (χ1v) is 3.97. The Labute approximate surface area is 72.4 Å². The maximum Gasteiger partial charge on any atom is 0.0796 e. The topological polar surface area (TPSA) is 30.7 Å². The summed E-state index contributed by atoms with van der Waals surface area (Å²) in [5.41, 5.74) is 0.953. The summed E-state index contributed by atoms with van der Waals surface area (Å²) >= 11 is 0. The molecule has 3 nitrogen and oxygen atoms in total. The molecule has 0 aromatic carbocycles. The minimum absolute atomic E-state index is 0.734. The molecular weight excluding hydrogens is 150 g/mol. The molecule has 0 bridgehead atoms. The second kappa shape index (κ2) is 4.49. The number of hydrogen-bond acceptors (Lipinski definition) is 2. The van der Waals surface area contributed by atoms with Crippen molar-refractivity contribution in [3.8, 4) is 0 Å². The lowest BCUT2D eigenvalue weighted by Gasteiger charge is -1.89. The van der Waals surface area contributed by atoms with Crippen LogP contribution in [0.2, 0.25) is 0 Å². The zero-order chi connectivity index (χ0) is 8.81. The van der Waals surface area contributed by atoms with Crippen molar-refractivity contribution in [1.82, 2.24) is 15.0 Å². The van der Waals surface area contributed by atoms with Gasteiger partial charge >= 0.3 is 0 Å². The Hall–Kier alpha value is -1.38. The van der Waals surface area contributed by atoms with Crippen molar-refractivity contribution < 1.29 is 0 Å². The highest BCUT2D eigenvalue weighted by Gasteiger charge is 1.89. The van der Waals surface area contributed by atoms with E-state index in [1.165, 1.54) is 0 Å². The van der Waals surface area contributed by atoms with Gasteiger partial charge in [0.15, 0.2) is 0 Å². The standard InChI is InChI=1S/C9H13N3/c1-3-4-5-6-7-12-10-8-9(2)11-12/h3-6,8H,7H2,1-2H3/b4-3-,6-5-. The molecule has 1 aromatic rings. The van der Waals surface area contributed by atoms with Gasteiger partial charge in [0.25, 0.3) is 0 Å². The van der Waals surface area contributed by atoms with Crippen molar-refractivity contribution in [2.45, 2.75) is 20.4 Å². The van der Waals surface area contributed by atoms with E-state index < -0.39 is 0 Å². The fourth-order valence-corrected chi connectivity index (χ4v) is 0.817. The molecule has 0 spiro atoms. The number of allylic oxidation sites excluding steroid dienone is 4. The molecule has 0 N–H and O–H groups in total. The number of hydrogen-bond donors (Lipinski definition) is 0. The summed E-state index contributed by atoms with van der Waals surface area (Å²) in [6.07, 6.45) is 9.72. The lowest BCUT2D eigenvalue weighted by molar-refractivity contribution is 0.598. The van der Waals surface area contributed by atoms with Gasteiger partial charge in [0.2, 0.25) is 0 Å². The van der Waals surface area contributed by atoms with Crippen LogP contribution in [0.5, 0.6) is 0 Å². The smallest absolute Gasteiger partial charge is 0.0796 e. The SMILES string of the molecule is C/C=C\C=C/Cn1ncc(C)n1. The predicted molar refractivity (Wildman–Crippen MR) is 48.7 cm³/mol. The van der Waals surface area contributed by atoms with Crippen LogP contribution in [0.1, 0.15) is 12.6 Å². The molecule has 0 saturated carbocycles. The second-order valence-electron chi connectivity index (χ2n) is 2.49. The minimum Gasteiger partial charge on any atom is -0.181 e. The molecule has 64 valence electrons. The van der Waals surface area contributed by atoms with Gasteiger partial charge in [-0.15, -0.1) is 0 Å². The summed E-state index contributed by atoms with van der Waals surface area (Å²) in [4.78, 5) is 1.66. The molecule has 1 rings (SSSR count). The van der Waals surface area contributed by atoms with Crippen LogP contribution in [0, 0.1) is 6.92 Å². The van der Waals surface area contributed by atoms with Crippen molar-refractivity contribution in [3.05, 3.63) is 36.2 Å². The van der Waals surface area contributed by atoms with E-state index in [9.17, 15) is 0 Å². The third-order valence-electron chi connectivity index (χ3n) is 1.36. The quantitative estimate of drug-likeness (QED) is 0.635. The summed E-state index contributed by atoms with van der Waals surface area (Å²) in [7, 11) is 0. The van der Waals surface area contributed by atoms with Gasteiger partial charge in [-0.3, -0.25) is 0 Å². The monoisotopic (exact) mass is 163 g/mol. The number of aromatic nitrogens is 3. The maximum absolute atomic E-state index is 4.14. The molecule has 0 aliphatic heterocycles. The van der Waals surface area contributed by atoms with Gasteiger partial charge in [-0.1, -0.05) is 24.3 Å². The molecule has 0 saturated heterocycles. The molecule has 0 fully saturated rings. The van der Waals surface area contributed by atoms with E-state index in [0.717, 1.165) is 12.2 Å². The van der Waals surface area contributed by atoms with Gasteiger partial charge in [-0.2, -0.15) is 15.0 Å². The Balaban J connectivity index is 2.43. The van der Waals surface area contributed by atoms with E-state index in [1.807, 2.05) is 38.2 Å². The first kappa shape index (κ1) is 8.71. The fraction of sp³-hybridized carbons (Fsp3) is 0.333. The normalized spacial score (nSPS) is 11.8. The Kier molecular flexibility index (Phi) is 3.26. The van der Waals surface area contributed by atoms with Crippen molar-refractivity contribution >= 4 is 0 Å². The Morgan fingerprint density at radius 1 is 1.50 bits per heavy atom. The zero-order valence-electron chi connectivity index (χ0n) is 7.44. The number of rotatable bonds is 3. The summed E-state index contributed by atoms with van der Waals surface area (Å²) in [5, 5.41) is 8.18. The van der Waals surface area contributed by atoms with E-state index in [0.29, 0.717) is 0 Å². The van der Waals surface area contributed by atoms with E-state index in [4.69, 9.17) is 0 Å². The highest BCUT2D eigenvalue weighted by atomic mass is 15.5. The average molecular weight is 163 g/mol. The lowest BCUT2D eigenvalue weighted by atomic mass is 10.4. The Morgan fingerprint density at radius 3 is 2.92 bits per heavy atom. The van der Waals surface area contributed by atoms with Gasteiger partial charge in [0.1, 0.15) is 0 Å². The molecule has 0 aliphatic carbocycles. The summed E-state index contributed by atoms with van der Waals surface area (Å²) in [6.45, 7) is 4.65. The highest BCUT2D eigenvalue weighted by molar-refractivity contribution is 5.00. The molecule has 0 amide bonds. The van der Waals surface area contributed by atoms with Crippen LogP contribution in [-0.4, -0.2) is 15.0 Å². The van der Waals surface area contributed by atoms with Crippen LogP contribution in [-0.2, 0) is 6.54 Å². The lowest BCUT2D eigenvalue weighted by Crippen LogP contribution is -1.99. The van der Waals surface area contributed by atoms with Crippen LogP contribution in [0.4, 0.5) is 0 Å². The van der Waals surface area contributed by atoms with Crippen molar-refractivity contribution in [3.63, 3.8) is 0 Å². The second-order valence-corrected chi connectivity index (χ2v) is 2.49. The van der Waals surface area contributed by atoms with Crippen LogP contribution in [0.25, 0.3) is 0 Å². The third-order valence-corrected chi connectivity index (χ3v) is 1.36. The molecule has 1 heterocycles. The van der Waals surface area contributed by atoms with Crippen LogP contribution in [0.15, 0.2) is 30.5 Å². The summed E-state index contributed by atoms with van der Waals surface area (Å²) in [5.74, 6) is 0. The van der Waals surface area contributed by atoms with Gasteiger partial charge < -0.3 is 0 Å². The molecule has 0 radical (unpaired) electrons. The molecule has 3 heteroatoms. The van der Waals surface area contributed by atoms with E-state index in [1.54, 1.807) is 11.0 Å². The van der Waals surface area contributed by atoms with Crippen molar-refractivity contribution in [2.24, 2.45) is 0 Å². The first-order valence-electron chi connectivity index (χ1n) is 3.97. The predicted octanol–water partition coefficient (Wildman–Crippen LogP) is 1.72. The van der Waals surface area contributed by atoms with Crippen LogP contribution in [0.3, 0.4) is 0 Å². The van der Waals surface area contributed by atoms with Gasteiger partial charge in [0, 0.05) is 0 Å². The zero-order valence-corrected chi connectivity index (χ0v) is 7.44. The molecule has 0 aliphatic rings. The van der Waals surface area contributed by atoms with Gasteiger partial charge in [-0.25, -0.2) is 0 Å². The van der Waals surface area contributed by atoms with Crippen LogP contribution < -0.4 is 0 Å². The van der Waals surface area contributed by atoms with Crippen LogP contribution >= 0.6 is 0 Å². The molecule has 1 aromatic heterocycles. The van der Waals surface area contributed by atoms with Gasteiger partial charge in [-0.05, 0) is 13.8 Å². The minimum atomic E-state index is 0.734.